The quantitative estimate of drug-likeness (QED) is 0.572. The predicted molar refractivity (Wildman–Crippen MR) is 113 cm³/mol. The Kier molecular flexibility index (Phi) is 6.59. The fourth-order valence-electron chi connectivity index (χ4n) is 3.00. The van der Waals surface area contributed by atoms with Gasteiger partial charge < -0.3 is 14.5 Å². The number of sulfonamides is 1. The molecule has 0 aliphatic carbocycles. The van der Waals surface area contributed by atoms with Gasteiger partial charge in [0.15, 0.2) is 0 Å². The number of hydrogen-bond acceptors (Lipinski definition) is 5. The van der Waals surface area contributed by atoms with Gasteiger partial charge in [-0.15, -0.1) is 0 Å². The Hall–Kier alpha value is -3.10. The first-order valence-electron chi connectivity index (χ1n) is 9.37. The number of benzene rings is 2. The molecule has 0 aliphatic heterocycles. The highest BCUT2D eigenvalue weighted by Gasteiger charge is 2.18. The lowest BCUT2D eigenvalue weighted by Crippen LogP contribution is -2.27. The summed E-state index contributed by atoms with van der Waals surface area (Å²) in [6, 6.07) is 14.6. The number of methoxy groups -OCH3 is 1. The zero-order valence-electron chi connectivity index (χ0n) is 17.0. The van der Waals surface area contributed by atoms with Crippen molar-refractivity contribution in [3.63, 3.8) is 0 Å². The zero-order chi connectivity index (χ0) is 21.7. The number of ether oxygens (including phenoxy) is 1. The normalized spacial score (nSPS) is 12.4. The van der Waals surface area contributed by atoms with Crippen LogP contribution in [0.1, 0.15) is 40.2 Å². The molecule has 0 bridgehead atoms. The van der Waals surface area contributed by atoms with Crippen LogP contribution in [-0.4, -0.2) is 21.4 Å². The fraction of sp³-hybridized carbons (Fsp3) is 0.227. The van der Waals surface area contributed by atoms with Crippen LogP contribution in [0.2, 0.25) is 0 Å². The second-order valence-corrected chi connectivity index (χ2v) is 8.64. The summed E-state index contributed by atoms with van der Waals surface area (Å²) in [5.41, 5.74) is 2.29. The number of amides is 1. The summed E-state index contributed by atoms with van der Waals surface area (Å²) >= 11 is 0. The predicted octanol–water partition coefficient (Wildman–Crippen LogP) is 3.57. The van der Waals surface area contributed by atoms with Crippen molar-refractivity contribution >= 4 is 15.9 Å². The van der Waals surface area contributed by atoms with E-state index in [1.807, 2.05) is 32.0 Å². The van der Waals surface area contributed by atoms with Crippen LogP contribution in [0.15, 0.2) is 70.2 Å². The van der Waals surface area contributed by atoms with Crippen molar-refractivity contribution in [1.29, 1.82) is 0 Å². The van der Waals surface area contributed by atoms with Gasteiger partial charge in [0.25, 0.3) is 5.91 Å². The van der Waals surface area contributed by atoms with Gasteiger partial charge in [0.1, 0.15) is 11.5 Å². The lowest BCUT2D eigenvalue weighted by atomic mass is 10.0. The first-order valence-corrected chi connectivity index (χ1v) is 10.9. The maximum atomic E-state index is 12.6. The second-order valence-electron chi connectivity index (χ2n) is 6.87. The molecule has 30 heavy (non-hydrogen) atoms. The number of nitrogens with one attached hydrogen (secondary N) is 2. The largest absolute Gasteiger partial charge is 0.496 e. The Balaban J connectivity index is 1.68. The molecule has 158 valence electrons. The van der Waals surface area contributed by atoms with Gasteiger partial charge >= 0.3 is 0 Å². The van der Waals surface area contributed by atoms with E-state index >= 15 is 0 Å². The second kappa shape index (κ2) is 9.15. The highest BCUT2D eigenvalue weighted by Crippen LogP contribution is 2.26. The standard InChI is InChI=1S/C22H24N2O5S/c1-15-6-11-21(28-3)20(13-15)16(2)24-22(25)17-7-9-19(10-8-17)30(26,27)23-14-18-5-4-12-29-18/h4-13,16,23H,14H2,1-3H3,(H,24,25). The first kappa shape index (κ1) is 21.6. The molecule has 1 unspecified atom stereocenters. The average Bonchev–Trinajstić information content (AvgIpc) is 3.26. The van der Waals surface area contributed by atoms with Crippen molar-refractivity contribution in [3.05, 3.63) is 83.3 Å². The molecule has 0 aliphatic rings. The van der Waals surface area contributed by atoms with E-state index < -0.39 is 10.0 Å². The molecule has 1 aromatic heterocycles. The van der Waals surface area contributed by atoms with Crippen LogP contribution in [-0.2, 0) is 16.6 Å². The van der Waals surface area contributed by atoms with Crippen LogP contribution < -0.4 is 14.8 Å². The molecule has 0 saturated heterocycles. The van der Waals surface area contributed by atoms with E-state index in [2.05, 4.69) is 10.0 Å². The Morgan fingerprint density at radius 3 is 2.50 bits per heavy atom. The number of carbonyl (C=O) groups excluding carboxylic acids is 1. The Labute approximate surface area is 176 Å². The fourth-order valence-corrected chi connectivity index (χ4v) is 3.99. The summed E-state index contributed by atoms with van der Waals surface area (Å²) in [7, 11) is -2.13. The van der Waals surface area contributed by atoms with Crippen molar-refractivity contribution in [1.82, 2.24) is 10.0 Å². The van der Waals surface area contributed by atoms with Crippen molar-refractivity contribution in [2.24, 2.45) is 0 Å². The molecule has 0 fully saturated rings. The summed E-state index contributed by atoms with van der Waals surface area (Å²) < 4.78 is 37.8. The third kappa shape index (κ3) is 5.08. The van der Waals surface area contributed by atoms with Gasteiger partial charge in [0, 0.05) is 11.1 Å². The first-order chi connectivity index (χ1) is 14.3. The molecule has 7 nitrogen and oxygen atoms in total. The third-order valence-corrected chi connectivity index (χ3v) is 6.06. The molecular weight excluding hydrogens is 404 g/mol. The minimum Gasteiger partial charge on any atom is -0.496 e. The van der Waals surface area contributed by atoms with Crippen molar-refractivity contribution in [3.8, 4) is 5.75 Å². The molecule has 1 amide bonds. The van der Waals surface area contributed by atoms with Crippen molar-refractivity contribution < 1.29 is 22.4 Å². The Morgan fingerprint density at radius 1 is 1.13 bits per heavy atom. The summed E-state index contributed by atoms with van der Waals surface area (Å²) in [5.74, 6) is 0.895. The molecule has 0 radical (unpaired) electrons. The number of hydrogen-bond donors (Lipinski definition) is 2. The number of furan rings is 1. The lowest BCUT2D eigenvalue weighted by molar-refractivity contribution is 0.0939. The molecule has 2 aromatic carbocycles. The molecule has 0 saturated carbocycles. The lowest BCUT2D eigenvalue weighted by Gasteiger charge is -2.18. The van der Waals surface area contributed by atoms with Crippen LogP contribution in [0.3, 0.4) is 0 Å². The average molecular weight is 429 g/mol. The van der Waals surface area contributed by atoms with Gasteiger partial charge in [-0.3, -0.25) is 4.79 Å². The maximum absolute atomic E-state index is 12.6. The topological polar surface area (TPSA) is 97.6 Å². The van der Waals surface area contributed by atoms with E-state index in [4.69, 9.17) is 9.15 Å². The zero-order valence-corrected chi connectivity index (χ0v) is 17.8. The van der Waals surface area contributed by atoms with Gasteiger partial charge in [-0.25, -0.2) is 13.1 Å². The molecule has 2 N–H and O–H groups in total. The molecular formula is C22H24N2O5S. The van der Waals surface area contributed by atoms with Gasteiger partial charge in [-0.1, -0.05) is 17.7 Å². The van der Waals surface area contributed by atoms with Gasteiger partial charge in [-0.05, 0) is 56.3 Å². The molecule has 8 heteroatoms. The van der Waals surface area contributed by atoms with Gasteiger partial charge in [-0.2, -0.15) is 0 Å². The van der Waals surface area contributed by atoms with E-state index in [9.17, 15) is 13.2 Å². The minimum atomic E-state index is -3.72. The third-order valence-electron chi connectivity index (χ3n) is 4.64. The van der Waals surface area contributed by atoms with Gasteiger partial charge in [0.05, 0.1) is 30.9 Å². The van der Waals surface area contributed by atoms with Crippen LogP contribution in [0.4, 0.5) is 0 Å². The van der Waals surface area contributed by atoms with Crippen LogP contribution >= 0.6 is 0 Å². The van der Waals surface area contributed by atoms with E-state index in [1.54, 1.807) is 19.2 Å². The van der Waals surface area contributed by atoms with Crippen molar-refractivity contribution in [2.75, 3.05) is 7.11 Å². The van der Waals surface area contributed by atoms with E-state index in [0.29, 0.717) is 17.1 Å². The molecule has 1 heterocycles. The van der Waals surface area contributed by atoms with Crippen molar-refractivity contribution in [2.45, 2.75) is 31.3 Å². The highest BCUT2D eigenvalue weighted by molar-refractivity contribution is 7.89. The van der Waals surface area contributed by atoms with E-state index in [1.165, 1.54) is 30.5 Å². The highest BCUT2D eigenvalue weighted by atomic mass is 32.2. The Bertz CT molecular complexity index is 1110. The summed E-state index contributed by atoms with van der Waals surface area (Å²) in [5, 5.41) is 2.92. The monoisotopic (exact) mass is 428 g/mol. The summed E-state index contributed by atoms with van der Waals surface area (Å²) in [4.78, 5) is 12.7. The summed E-state index contributed by atoms with van der Waals surface area (Å²) in [6.07, 6.45) is 1.48. The molecule has 0 spiro atoms. The number of rotatable bonds is 8. The molecule has 3 aromatic rings. The van der Waals surface area contributed by atoms with E-state index in [-0.39, 0.29) is 23.4 Å². The van der Waals surface area contributed by atoms with Crippen LogP contribution in [0.5, 0.6) is 5.75 Å². The Morgan fingerprint density at radius 2 is 1.87 bits per heavy atom. The van der Waals surface area contributed by atoms with Gasteiger partial charge in [0.2, 0.25) is 10.0 Å². The summed E-state index contributed by atoms with van der Waals surface area (Å²) in [6.45, 7) is 3.89. The number of aryl methyl sites for hydroxylation is 1. The van der Waals surface area contributed by atoms with Crippen LogP contribution in [0, 0.1) is 6.92 Å². The number of carbonyl (C=O) groups is 1. The minimum absolute atomic E-state index is 0.0490. The smallest absolute Gasteiger partial charge is 0.251 e. The molecule has 1 atom stereocenters. The SMILES string of the molecule is COc1ccc(C)cc1C(C)NC(=O)c1ccc(S(=O)(=O)NCc2ccco2)cc1. The van der Waals surface area contributed by atoms with E-state index in [0.717, 1.165) is 11.1 Å². The van der Waals surface area contributed by atoms with Crippen LogP contribution in [0.25, 0.3) is 0 Å². The molecule has 3 rings (SSSR count). The maximum Gasteiger partial charge on any atom is 0.251 e.